The monoisotopic (exact) mass is 458 g/mol. The van der Waals surface area contributed by atoms with Crippen molar-refractivity contribution in [2.24, 2.45) is 17.6 Å². The molecule has 0 spiro atoms. The van der Waals surface area contributed by atoms with Gasteiger partial charge in [0.1, 0.15) is 11.5 Å². The zero-order valence-corrected chi connectivity index (χ0v) is 18.3. The van der Waals surface area contributed by atoms with Crippen LogP contribution < -0.4 is 10.6 Å². The average molecular weight is 458 g/mol. The summed E-state index contributed by atoms with van der Waals surface area (Å²) in [5.41, 5.74) is 7.31. The summed E-state index contributed by atoms with van der Waals surface area (Å²) < 4.78 is 40.0. The van der Waals surface area contributed by atoms with Crippen LogP contribution in [-0.2, 0) is 6.42 Å². The summed E-state index contributed by atoms with van der Waals surface area (Å²) in [7, 11) is 0. The van der Waals surface area contributed by atoms with Crippen molar-refractivity contribution < 1.29 is 13.2 Å². The SMILES string of the molecule is CC1CC(/C(C=N)=C/N)C(C)N(c2ccnc(-c3cnc4cnc(CC(F)(F)F)cn34)n2)C1. The maximum absolute atomic E-state index is 12.8. The first-order valence-corrected chi connectivity index (χ1v) is 10.6. The second-order valence-electron chi connectivity index (χ2n) is 8.43. The first-order valence-electron chi connectivity index (χ1n) is 10.6. The van der Waals surface area contributed by atoms with Gasteiger partial charge in [-0.3, -0.25) is 9.38 Å². The predicted octanol–water partition coefficient (Wildman–Crippen LogP) is 3.63. The van der Waals surface area contributed by atoms with Crippen molar-refractivity contribution in [1.82, 2.24) is 24.3 Å². The minimum Gasteiger partial charge on any atom is -0.404 e. The normalized spacial score (nSPS) is 22.0. The third kappa shape index (κ3) is 4.67. The number of alkyl halides is 3. The van der Waals surface area contributed by atoms with Gasteiger partial charge in [-0.15, -0.1) is 0 Å². The summed E-state index contributed by atoms with van der Waals surface area (Å²) in [6.07, 6.45) is 4.01. The lowest BCUT2D eigenvalue weighted by Crippen LogP contribution is -2.48. The molecular weight excluding hydrogens is 433 g/mol. The summed E-state index contributed by atoms with van der Waals surface area (Å²) in [5.74, 6) is 1.49. The molecule has 1 aliphatic rings. The number of anilines is 1. The lowest BCUT2D eigenvalue weighted by molar-refractivity contribution is -0.127. The van der Waals surface area contributed by atoms with Gasteiger partial charge in [0, 0.05) is 37.1 Å². The van der Waals surface area contributed by atoms with Gasteiger partial charge in [-0.2, -0.15) is 13.2 Å². The molecule has 0 aromatic carbocycles. The summed E-state index contributed by atoms with van der Waals surface area (Å²) in [6.45, 7) is 5.00. The fourth-order valence-corrected chi connectivity index (χ4v) is 4.44. The molecule has 0 bridgehead atoms. The van der Waals surface area contributed by atoms with E-state index in [0.717, 1.165) is 18.5 Å². The summed E-state index contributed by atoms with van der Waals surface area (Å²) in [6, 6.07) is 1.86. The number of aromatic nitrogens is 5. The fraction of sp³-hybridized carbons (Fsp3) is 0.409. The van der Waals surface area contributed by atoms with E-state index < -0.39 is 12.6 Å². The maximum atomic E-state index is 12.8. The highest BCUT2D eigenvalue weighted by molar-refractivity contribution is 5.76. The molecule has 3 aromatic heterocycles. The van der Waals surface area contributed by atoms with Gasteiger partial charge in [-0.25, -0.2) is 15.0 Å². The Balaban J connectivity index is 1.70. The molecular formula is C22H25F3N8. The number of nitrogens with two attached hydrogens (primary N) is 1. The van der Waals surface area contributed by atoms with Crippen molar-refractivity contribution in [1.29, 1.82) is 5.41 Å². The third-order valence-electron chi connectivity index (χ3n) is 6.02. The highest BCUT2D eigenvalue weighted by Gasteiger charge is 2.34. The van der Waals surface area contributed by atoms with E-state index in [4.69, 9.17) is 16.1 Å². The number of fused-ring (bicyclic) bond motifs is 1. The van der Waals surface area contributed by atoms with Gasteiger partial charge >= 0.3 is 6.18 Å². The molecule has 1 aliphatic heterocycles. The minimum absolute atomic E-state index is 0.0464. The molecule has 3 unspecified atom stereocenters. The van der Waals surface area contributed by atoms with Crippen LogP contribution in [0.15, 0.2) is 42.6 Å². The zero-order chi connectivity index (χ0) is 23.8. The topological polar surface area (TPSA) is 109 Å². The van der Waals surface area contributed by atoms with E-state index >= 15 is 0 Å². The van der Waals surface area contributed by atoms with Crippen LogP contribution >= 0.6 is 0 Å². The van der Waals surface area contributed by atoms with E-state index in [9.17, 15) is 13.2 Å². The number of hydrogen-bond acceptors (Lipinski definition) is 7. The molecule has 3 N–H and O–H groups in total. The Bertz CT molecular complexity index is 1190. The van der Waals surface area contributed by atoms with Crippen molar-refractivity contribution in [2.75, 3.05) is 11.4 Å². The van der Waals surface area contributed by atoms with Crippen LogP contribution in [0.3, 0.4) is 0 Å². The van der Waals surface area contributed by atoms with Crippen LogP contribution in [0.4, 0.5) is 19.0 Å². The summed E-state index contributed by atoms with van der Waals surface area (Å²) >= 11 is 0. The van der Waals surface area contributed by atoms with Crippen LogP contribution in [-0.4, -0.2) is 49.3 Å². The lowest BCUT2D eigenvalue weighted by atomic mass is 9.80. The first kappa shape index (κ1) is 22.7. The van der Waals surface area contributed by atoms with E-state index in [0.29, 0.717) is 28.9 Å². The third-order valence-corrected chi connectivity index (χ3v) is 6.02. The van der Waals surface area contributed by atoms with Crippen molar-refractivity contribution in [2.45, 2.75) is 38.9 Å². The predicted molar refractivity (Wildman–Crippen MR) is 119 cm³/mol. The molecule has 4 heterocycles. The Kier molecular flexibility index (Phi) is 6.05. The number of nitrogens with one attached hydrogen (secondary N) is 1. The summed E-state index contributed by atoms with van der Waals surface area (Å²) in [4.78, 5) is 19.3. The van der Waals surface area contributed by atoms with Crippen LogP contribution in [0.25, 0.3) is 17.2 Å². The number of imidazole rings is 1. The fourth-order valence-electron chi connectivity index (χ4n) is 4.44. The number of halogens is 3. The highest BCUT2D eigenvalue weighted by Crippen LogP contribution is 2.34. The molecule has 1 saturated heterocycles. The van der Waals surface area contributed by atoms with E-state index in [1.165, 1.54) is 35.4 Å². The molecule has 0 radical (unpaired) electrons. The highest BCUT2D eigenvalue weighted by atomic mass is 19.4. The molecule has 8 nitrogen and oxygen atoms in total. The van der Waals surface area contributed by atoms with Gasteiger partial charge in [0.05, 0.1) is 24.5 Å². The molecule has 11 heteroatoms. The zero-order valence-electron chi connectivity index (χ0n) is 18.3. The average Bonchev–Trinajstić information content (AvgIpc) is 3.19. The quantitative estimate of drug-likeness (QED) is 0.565. The number of piperidine rings is 1. The standard InChI is InChI=1S/C22H25F3N8/c1-13-5-17(15(7-26)8-27)14(2)32(11-13)19-3-4-28-21(31-19)18-9-30-20-10-29-16(12-33(18)20)6-22(23,24)25/h3-4,7-10,12-14,17,26H,5-6,11,27H2,1-2H3/b15-8+,26-7?. The van der Waals surface area contributed by atoms with E-state index in [-0.39, 0.29) is 17.7 Å². The molecule has 4 rings (SSSR count). The van der Waals surface area contributed by atoms with Gasteiger partial charge in [0.2, 0.25) is 0 Å². The Hall–Kier alpha value is -3.50. The van der Waals surface area contributed by atoms with Crippen LogP contribution in [0.5, 0.6) is 0 Å². The minimum atomic E-state index is -4.36. The Morgan fingerprint density at radius 2 is 2.03 bits per heavy atom. The second kappa shape index (κ2) is 8.80. The Morgan fingerprint density at radius 3 is 2.73 bits per heavy atom. The molecule has 1 fully saturated rings. The molecule has 3 aromatic rings. The summed E-state index contributed by atoms with van der Waals surface area (Å²) in [5, 5.41) is 7.70. The molecule has 0 saturated carbocycles. The van der Waals surface area contributed by atoms with Gasteiger partial charge in [-0.05, 0) is 37.1 Å². The van der Waals surface area contributed by atoms with Gasteiger partial charge in [-0.1, -0.05) is 6.92 Å². The van der Waals surface area contributed by atoms with E-state index in [1.807, 2.05) is 6.07 Å². The molecule has 174 valence electrons. The Labute approximate surface area is 188 Å². The van der Waals surface area contributed by atoms with Crippen LogP contribution in [0.2, 0.25) is 0 Å². The number of rotatable bonds is 5. The molecule has 0 aliphatic carbocycles. The maximum Gasteiger partial charge on any atom is 0.394 e. The van der Waals surface area contributed by atoms with Crippen molar-refractivity contribution in [3.8, 4) is 11.5 Å². The van der Waals surface area contributed by atoms with Crippen molar-refractivity contribution in [3.63, 3.8) is 0 Å². The largest absolute Gasteiger partial charge is 0.404 e. The van der Waals surface area contributed by atoms with Gasteiger partial charge in [0.15, 0.2) is 11.5 Å². The van der Waals surface area contributed by atoms with Crippen LogP contribution in [0, 0.1) is 17.2 Å². The van der Waals surface area contributed by atoms with E-state index in [2.05, 4.69) is 33.7 Å². The molecule has 33 heavy (non-hydrogen) atoms. The smallest absolute Gasteiger partial charge is 0.394 e. The van der Waals surface area contributed by atoms with Crippen molar-refractivity contribution >= 4 is 17.7 Å². The van der Waals surface area contributed by atoms with Gasteiger partial charge < -0.3 is 16.0 Å². The second-order valence-corrected chi connectivity index (χ2v) is 8.43. The first-order chi connectivity index (χ1) is 15.7. The molecule has 3 atom stereocenters. The van der Waals surface area contributed by atoms with Gasteiger partial charge in [0.25, 0.3) is 0 Å². The number of hydrogen-bond donors (Lipinski definition) is 2. The number of nitrogens with zero attached hydrogens (tertiary/aromatic N) is 6. The van der Waals surface area contributed by atoms with Crippen LogP contribution in [0.1, 0.15) is 26.0 Å². The lowest BCUT2D eigenvalue weighted by Gasteiger charge is -2.43. The van der Waals surface area contributed by atoms with Crippen molar-refractivity contribution in [3.05, 3.63) is 48.3 Å². The molecule has 0 amide bonds. The van der Waals surface area contributed by atoms with E-state index in [1.54, 1.807) is 6.20 Å². The Morgan fingerprint density at radius 1 is 1.24 bits per heavy atom.